The van der Waals surface area contributed by atoms with Crippen molar-refractivity contribution in [1.29, 1.82) is 0 Å². The molecule has 0 saturated heterocycles. The molecule has 1 aromatic rings. The zero-order chi connectivity index (χ0) is 26.0. The highest BCUT2D eigenvalue weighted by Crippen LogP contribution is 2.61. The van der Waals surface area contributed by atoms with Gasteiger partial charge < -0.3 is 0 Å². The fraction of sp³-hybridized carbons (Fsp3) is 0.538. The Labute approximate surface area is 167 Å². The van der Waals surface area contributed by atoms with E-state index in [9.17, 15) is 74.5 Å². The first-order valence-corrected chi connectivity index (χ1v) is 8.69. The van der Waals surface area contributed by atoms with E-state index in [0.29, 0.717) is 0 Å². The second kappa shape index (κ2) is 7.63. The first-order chi connectivity index (χ1) is 13.9. The Morgan fingerprint density at radius 1 is 0.562 bits per heavy atom. The molecule has 0 fully saturated rings. The lowest BCUT2D eigenvalue weighted by Crippen LogP contribution is -2.70. The minimum Gasteiger partial charge on any atom is -0.200 e. The van der Waals surface area contributed by atoms with E-state index in [4.69, 9.17) is 0 Å². The number of alkyl halides is 11. The topological polar surface area (TPSA) is 20.3 Å². The summed E-state index contributed by atoms with van der Waals surface area (Å²) < 4.78 is 225. The summed E-state index contributed by atoms with van der Waals surface area (Å²) in [5.41, 5.74) is 0. The Balaban J connectivity index is 4.11. The zero-order valence-electron chi connectivity index (χ0n) is 14.8. The van der Waals surface area contributed by atoms with Gasteiger partial charge in [0.1, 0.15) is 0 Å². The molecule has 1 aromatic carbocycles. The lowest BCUT2D eigenvalue weighted by Gasteiger charge is -2.37. The van der Waals surface area contributed by atoms with Crippen LogP contribution in [0.3, 0.4) is 0 Å². The van der Waals surface area contributed by atoms with Crippen LogP contribution in [-0.2, 0) is 14.3 Å². The van der Waals surface area contributed by atoms with E-state index in [-0.39, 0.29) is 14.1 Å². The third-order valence-corrected chi connectivity index (χ3v) is 6.71. The molecule has 0 amide bonds. The summed E-state index contributed by atoms with van der Waals surface area (Å²) in [6.45, 7) is 0. The number of hydrogen-bond acceptors (Lipinski definition) is 1. The largest absolute Gasteiger partial charge is 0.506 e. The highest BCUT2D eigenvalue weighted by atomic mass is 32.3. The van der Waals surface area contributed by atoms with Crippen molar-refractivity contribution in [2.75, 3.05) is 14.1 Å². The Bertz CT molecular complexity index is 923. The molecule has 0 spiro atoms. The Morgan fingerprint density at radius 2 is 0.875 bits per heavy atom. The van der Waals surface area contributed by atoms with Crippen molar-refractivity contribution in [3.63, 3.8) is 0 Å². The summed E-state index contributed by atoms with van der Waals surface area (Å²) in [7, 11) is -7.53. The lowest BCUT2D eigenvalue weighted by molar-refractivity contribution is -0.413. The molecular formula is C13H6F16NOS+. The molecule has 0 heterocycles. The molecule has 0 aliphatic heterocycles. The van der Waals surface area contributed by atoms with Crippen LogP contribution in [0.5, 0.6) is 0 Å². The maximum Gasteiger partial charge on any atom is 0.506 e. The molecule has 0 aromatic heterocycles. The first-order valence-electron chi connectivity index (χ1n) is 7.18. The summed E-state index contributed by atoms with van der Waals surface area (Å²) in [6.07, 6.45) is -7.61. The van der Waals surface area contributed by atoms with Crippen LogP contribution >= 0.6 is 0 Å². The number of hydrogen-bond donors (Lipinski definition) is 0. The Hall–Kier alpha value is -1.79. The van der Waals surface area contributed by atoms with E-state index < -0.39 is 77.6 Å². The van der Waals surface area contributed by atoms with Crippen molar-refractivity contribution in [2.24, 2.45) is 0 Å². The van der Waals surface area contributed by atoms with Crippen LogP contribution in [0, 0.1) is 29.1 Å². The standard InChI is InChI=1S/C13H6F16NOS/c1-30(2)32(31,8-6(17)4(15)3(14)5(16)7(8)18)13(28,29)11(23,24)9(19,20)10(21,22)12(25,26)27/h1-2H3/q+1. The van der Waals surface area contributed by atoms with Crippen LogP contribution in [0.15, 0.2) is 4.90 Å². The summed E-state index contributed by atoms with van der Waals surface area (Å²) in [5.74, 6) is -40.7. The summed E-state index contributed by atoms with van der Waals surface area (Å²) in [5, 5.41) is -7.50. The third kappa shape index (κ3) is 3.33. The molecule has 0 radical (unpaired) electrons. The average molecular weight is 528 g/mol. The first kappa shape index (κ1) is 28.2. The van der Waals surface area contributed by atoms with Crippen molar-refractivity contribution in [3.05, 3.63) is 29.1 Å². The predicted octanol–water partition coefficient (Wildman–Crippen LogP) is 5.78. The molecule has 0 aliphatic rings. The highest BCUT2D eigenvalue weighted by molar-refractivity contribution is 8.01. The Kier molecular flexibility index (Phi) is 6.73. The molecular weight excluding hydrogens is 522 g/mol. The van der Waals surface area contributed by atoms with Gasteiger partial charge in [0.15, 0.2) is 0 Å². The molecule has 19 heteroatoms. The van der Waals surface area contributed by atoms with E-state index in [1.54, 1.807) is 0 Å². The van der Waals surface area contributed by atoms with Gasteiger partial charge in [0.25, 0.3) is 15.0 Å². The molecule has 1 rings (SSSR count). The molecule has 1 unspecified atom stereocenters. The van der Waals surface area contributed by atoms with Gasteiger partial charge in [-0.1, -0.05) is 4.21 Å². The van der Waals surface area contributed by atoms with E-state index in [2.05, 4.69) is 0 Å². The van der Waals surface area contributed by atoms with Crippen LogP contribution in [0.25, 0.3) is 0 Å². The van der Waals surface area contributed by atoms with E-state index in [0.717, 1.165) is 0 Å². The molecule has 0 bridgehead atoms. The molecule has 186 valence electrons. The fourth-order valence-electron chi connectivity index (χ4n) is 2.10. The van der Waals surface area contributed by atoms with Gasteiger partial charge in [-0.2, -0.15) is 48.3 Å². The molecule has 0 N–H and O–H groups in total. The van der Waals surface area contributed by atoms with Gasteiger partial charge in [-0.25, -0.2) is 13.2 Å². The summed E-state index contributed by atoms with van der Waals surface area (Å²) in [6, 6.07) is 0. The lowest BCUT2D eigenvalue weighted by atomic mass is 10.0. The third-order valence-electron chi connectivity index (χ3n) is 3.82. The molecule has 2 nitrogen and oxygen atoms in total. The quantitative estimate of drug-likeness (QED) is 0.199. The predicted molar refractivity (Wildman–Crippen MR) is 72.1 cm³/mol. The second-order valence-electron chi connectivity index (χ2n) is 5.97. The molecule has 0 saturated carbocycles. The van der Waals surface area contributed by atoms with Crippen molar-refractivity contribution >= 4 is 10.1 Å². The van der Waals surface area contributed by atoms with Crippen molar-refractivity contribution in [1.82, 2.24) is 4.31 Å². The number of nitrogens with zero attached hydrogens (tertiary/aromatic N) is 1. The Morgan fingerprint density at radius 3 is 1.16 bits per heavy atom. The van der Waals surface area contributed by atoms with Gasteiger partial charge in [0.05, 0.1) is 0 Å². The van der Waals surface area contributed by atoms with Crippen LogP contribution < -0.4 is 0 Å². The van der Waals surface area contributed by atoms with E-state index >= 15 is 0 Å². The minimum atomic E-state index is -8.15. The van der Waals surface area contributed by atoms with Crippen molar-refractivity contribution in [2.45, 2.75) is 34.1 Å². The maximum atomic E-state index is 14.4. The summed E-state index contributed by atoms with van der Waals surface area (Å²) in [4.78, 5) is -3.37. The molecule has 32 heavy (non-hydrogen) atoms. The smallest absolute Gasteiger partial charge is 0.200 e. The molecule has 1 atom stereocenters. The van der Waals surface area contributed by atoms with Crippen LogP contribution in [-0.4, -0.2) is 47.6 Å². The SMILES string of the molecule is CN(C)[S+](=O)(c1c(F)c(F)c(F)c(F)c1F)C(F)(F)C(F)(F)C(F)(F)C(F)(F)C(F)(F)F. The maximum absolute atomic E-state index is 14.4. The molecule has 0 aliphatic carbocycles. The number of halogens is 16. The van der Waals surface area contributed by atoms with Gasteiger partial charge in [-0.05, 0) is 0 Å². The van der Waals surface area contributed by atoms with Gasteiger partial charge in [-0.3, -0.25) is 0 Å². The monoisotopic (exact) mass is 528 g/mol. The minimum absolute atomic E-state index is 0.135. The van der Waals surface area contributed by atoms with E-state index in [1.807, 2.05) is 0 Å². The zero-order valence-corrected chi connectivity index (χ0v) is 15.6. The average Bonchev–Trinajstić information content (AvgIpc) is 2.62. The van der Waals surface area contributed by atoms with Crippen LogP contribution in [0.4, 0.5) is 70.2 Å². The van der Waals surface area contributed by atoms with Crippen LogP contribution in [0.2, 0.25) is 0 Å². The van der Waals surface area contributed by atoms with Crippen LogP contribution in [0.1, 0.15) is 0 Å². The number of rotatable bonds is 6. The van der Waals surface area contributed by atoms with Gasteiger partial charge >= 0.3 is 29.2 Å². The van der Waals surface area contributed by atoms with Crippen molar-refractivity contribution < 1.29 is 74.5 Å². The fourth-order valence-corrected chi connectivity index (χ4v) is 4.32. The number of benzene rings is 1. The van der Waals surface area contributed by atoms with Gasteiger partial charge in [0.2, 0.25) is 29.1 Å². The van der Waals surface area contributed by atoms with Gasteiger partial charge in [0, 0.05) is 14.1 Å². The van der Waals surface area contributed by atoms with E-state index in [1.165, 1.54) is 0 Å². The van der Waals surface area contributed by atoms with Crippen molar-refractivity contribution in [3.8, 4) is 0 Å². The normalized spacial score (nSPS) is 16.5. The highest BCUT2D eigenvalue weighted by Gasteiger charge is 2.93. The van der Waals surface area contributed by atoms with Gasteiger partial charge in [-0.15, -0.1) is 13.1 Å². The summed E-state index contributed by atoms with van der Waals surface area (Å²) >= 11 is 0. The second-order valence-corrected chi connectivity index (χ2v) is 8.68.